The van der Waals surface area contributed by atoms with Crippen LogP contribution in [0.5, 0.6) is 0 Å². The van der Waals surface area contributed by atoms with Gasteiger partial charge in [-0.25, -0.2) is 0 Å². The van der Waals surface area contributed by atoms with Gasteiger partial charge in [0.2, 0.25) is 0 Å². The molecule has 0 unspecified atom stereocenters. The number of carbonyl (C=O) groups is 1. The molecule has 0 saturated carbocycles. The van der Waals surface area contributed by atoms with Gasteiger partial charge in [-0.2, -0.15) is 0 Å². The summed E-state index contributed by atoms with van der Waals surface area (Å²) in [4.78, 5) is 12.7. The Kier molecular flexibility index (Phi) is 3.86. The largest absolute Gasteiger partial charge is 0.325 e. The first-order chi connectivity index (χ1) is 6.38. The van der Waals surface area contributed by atoms with E-state index in [0.717, 1.165) is 9.35 Å². The molecule has 0 saturated heterocycles. The van der Waals surface area contributed by atoms with Crippen molar-refractivity contribution in [2.24, 2.45) is 5.73 Å². The quantitative estimate of drug-likeness (QED) is 0.918. The number of nitrogens with two attached hydrogens (primary N) is 1. The summed E-state index contributed by atoms with van der Waals surface area (Å²) in [6, 6.07) is 1.96. The monoisotopic (exact) mass is 275 g/mol. The van der Waals surface area contributed by atoms with Crippen LogP contribution in [-0.2, 0) is 11.2 Å². The van der Waals surface area contributed by atoms with E-state index in [4.69, 9.17) is 5.73 Å². The molecule has 0 spiro atoms. The van der Waals surface area contributed by atoms with Gasteiger partial charge in [-0.1, -0.05) is 0 Å². The van der Waals surface area contributed by atoms with Crippen LogP contribution in [0.4, 0.5) is 0 Å². The van der Waals surface area contributed by atoms with Gasteiger partial charge >= 0.3 is 0 Å². The summed E-state index contributed by atoms with van der Waals surface area (Å²) in [5, 5.41) is 1.97. The van der Waals surface area contributed by atoms with E-state index in [9.17, 15) is 4.79 Å². The van der Waals surface area contributed by atoms with E-state index in [2.05, 4.69) is 15.9 Å². The summed E-state index contributed by atoms with van der Waals surface area (Å²) < 4.78 is 1.02. The third-order valence-electron chi connectivity index (χ3n) is 1.70. The molecule has 0 aliphatic carbocycles. The second-order valence-corrected chi connectivity index (χ2v) is 5.93. The first-order valence-corrected chi connectivity index (χ1v) is 6.08. The Morgan fingerprint density at radius 3 is 2.71 bits per heavy atom. The van der Waals surface area contributed by atoms with Gasteiger partial charge in [0.15, 0.2) is 0 Å². The number of halogens is 1. The number of hydrogen-bond acceptors (Lipinski definition) is 3. The third-order valence-corrected chi connectivity index (χ3v) is 3.63. The number of thiophene rings is 1. The van der Waals surface area contributed by atoms with E-state index in [-0.39, 0.29) is 5.78 Å². The number of rotatable bonds is 4. The molecule has 4 heteroatoms. The molecule has 78 valence electrons. The molecule has 2 N–H and O–H groups in total. The minimum absolute atomic E-state index is 0.195. The zero-order valence-corrected chi connectivity index (χ0v) is 10.7. The number of carbonyl (C=O) groups excluding carboxylic acids is 1. The summed E-state index contributed by atoms with van der Waals surface area (Å²) >= 11 is 5.00. The predicted octanol–water partition coefficient (Wildman–Crippen LogP) is 2.75. The van der Waals surface area contributed by atoms with Crippen molar-refractivity contribution in [2.45, 2.75) is 32.2 Å². The molecule has 1 aromatic heterocycles. The molecule has 1 heterocycles. The Morgan fingerprint density at radius 1 is 1.64 bits per heavy atom. The zero-order chi connectivity index (χ0) is 10.8. The standard InChI is InChI=1S/C10H14BrNOS/c1-10(2,12)6-7(13)5-9-8(11)3-4-14-9/h3-4H,5-6,12H2,1-2H3. The van der Waals surface area contributed by atoms with Gasteiger partial charge in [-0.05, 0) is 41.2 Å². The fourth-order valence-electron chi connectivity index (χ4n) is 1.20. The Labute approximate surface area is 96.6 Å². The lowest BCUT2D eigenvalue weighted by Gasteiger charge is -2.16. The van der Waals surface area contributed by atoms with E-state index in [1.165, 1.54) is 0 Å². The fourth-order valence-corrected chi connectivity index (χ4v) is 2.72. The van der Waals surface area contributed by atoms with E-state index in [1.54, 1.807) is 11.3 Å². The van der Waals surface area contributed by atoms with Crippen molar-refractivity contribution < 1.29 is 4.79 Å². The van der Waals surface area contributed by atoms with Crippen LogP contribution < -0.4 is 5.73 Å². The van der Waals surface area contributed by atoms with E-state index >= 15 is 0 Å². The molecular formula is C10H14BrNOS. The molecule has 0 atom stereocenters. The van der Waals surface area contributed by atoms with Gasteiger partial charge in [0.05, 0.1) is 0 Å². The molecular weight excluding hydrogens is 262 g/mol. The van der Waals surface area contributed by atoms with Crippen LogP contribution in [0.25, 0.3) is 0 Å². The van der Waals surface area contributed by atoms with Crippen molar-refractivity contribution >= 4 is 33.0 Å². The highest BCUT2D eigenvalue weighted by molar-refractivity contribution is 9.10. The van der Waals surface area contributed by atoms with Gasteiger partial charge in [-0.3, -0.25) is 4.79 Å². The van der Waals surface area contributed by atoms with Crippen LogP contribution in [0.15, 0.2) is 15.9 Å². The second kappa shape index (κ2) is 4.55. The van der Waals surface area contributed by atoms with Crippen molar-refractivity contribution in [2.75, 3.05) is 0 Å². The lowest BCUT2D eigenvalue weighted by molar-refractivity contribution is -0.119. The average Bonchev–Trinajstić information content (AvgIpc) is 2.32. The van der Waals surface area contributed by atoms with E-state index in [1.807, 2.05) is 25.3 Å². The van der Waals surface area contributed by atoms with E-state index < -0.39 is 5.54 Å². The summed E-state index contributed by atoms with van der Waals surface area (Å²) in [5.41, 5.74) is 5.37. The van der Waals surface area contributed by atoms with Gasteiger partial charge in [0.25, 0.3) is 0 Å². The summed E-state index contributed by atoms with van der Waals surface area (Å²) in [6.07, 6.45) is 0.913. The summed E-state index contributed by atoms with van der Waals surface area (Å²) in [5.74, 6) is 0.195. The van der Waals surface area contributed by atoms with Gasteiger partial charge in [0.1, 0.15) is 5.78 Å². The van der Waals surface area contributed by atoms with Crippen molar-refractivity contribution in [3.05, 3.63) is 20.8 Å². The summed E-state index contributed by atoms with van der Waals surface area (Å²) in [7, 11) is 0. The lowest BCUT2D eigenvalue weighted by Crippen LogP contribution is -2.35. The highest BCUT2D eigenvalue weighted by Crippen LogP contribution is 2.24. The molecule has 0 aromatic carbocycles. The number of hydrogen-bond donors (Lipinski definition) is 1. The van der Waals surface area contributed by atoms with Crippen LogP contribution in [0.2, 0.25) is 0 Å². The average molecular weight is 276 g/mol. The van der Waals surface area contributed by atoms with Crippen LogP contribution in [0.1, 0.15) is 25.1 Å². The predicted molar refractivity (Wildman–Crippen MR) is 63.6 cm³/mol. The number of ketones is 1. The number of Topliss-reactive ketones (excluding diaryl/α,β-unsaturated/α-hetero) is 1. The molecule has 14 heavy (non-hydrogen) atoms. The maximum atomic E-state index is 11.6. The van der Waals surface area contributed by atoms with Crippen molar-refractivity contribution in [3.8, 4) is 0 Å². The maximum absolute atomic E-state index is 11.6. The van der Waals surface area contributed by atoms with Gasteiger partial charge in [-0.15, -0.1) is 11.3 Å². The topological polar surface area (TPSA) is 43.1 Å². The zero-order valence-electron chi connectivity index (χ0n) is 8.34. The molecule has 1 aromatic rings. The molecule has 0 amide bonds. The highest BCUT2D eigenvalue weighted by Gasteiger charge is 2.17. The van der Waals surface area contributed by atoms with Crippen LogP contribution in [-0.4, -0.2) is 11.3 Å². The molecule has 0 radical (unpaired) electrons. The van der Waals surface area contributed by atoms with Crippen molar-refractivity contribution in [3.63, 3.8) is 0 Å². The SMILES string of the molecule is CC(C)(N)CC(=O)Cc1sccc1Br. The lowest BCUT2D eigenvalue weighted by atomic mass is 9.97. The Bertz CT molecular complexity index is 327. The summed E-state index contributed by atoms with van der Waals surface area (Å²) in [6.45, 7) is 3.74. The molecule has 0 bridgehead atoms. The molecule has 1 rings (SSSR count). The van der Waals surface area contributed by atoms with Crippen LogP contribution >= 0.6 is 27.3 Å². The first-order valence-electron chi connectivity index (χ1n) is 4.41. The molecule has 2 nitrogen and oxygen atoms in total. The third kappa shape index (κ3) is 3.90. The van der Waals surface area contributed by atoms with E-state index in [0.29, 0.717) is 12.8 Å². The van der Waals surface area contributed by atoms with Crippen molar-refractivity contribution in [1.82, 2.24) is 0 Å². The Balaban J connectivity index is 2.54. The Hall–Kier alpha value is -0.190. The highest BCUT2D eigenvalue weighted by atomic mass is 79.9. The molecule has 0 fully saturated rings. The maximum Gasteiger partial charge on any atom is 0.139 e. The van der Waals surface area contributed by atoms with Gasteiger partial charge < -0.3 is 5.73 Å². The first kappa shape index (κ1) is 11.9. The van der Waals surface area contributed by atoms with Crippen LogP contribution in [0, 0.1) is 0 Å². The second-order valence-electron chi connectivity index (χ2n) is 4.07. The fraction of sp³-hybridized carbons (Fsp3) is 0.500. The molecule has 0 aliphatic rings. The van der Waals surface area contributed by atoms with Crippen LogP contribution in [0.3, 0.4) is 0 Å². The van der Waals surface area contributed by atoms with Gasteiger partial charge in [0, 0.05) is 27.7 Å². The Morgan fingerprint density at radius 2 is 2.29 bits per heavy atom. The minimum Gasteiger partial charge on any atom is -0.325 e. The van der Waals surface area contributed by atoms with Crippen molar-refractivity contribution in [1.29, 1.82) is 0 Å². The minimum atomic E-state index is -0.402. The molecule has 0 aliphatic heterocycles. The normalized spacial score (nSPS) is 11.7. The smallest absolute Gasteiger partial charge is 0.139 e.